The predicted octanol–water partition coefficient (Wildman–Crippen LogP) is 2.03. The molecule has 0 radical (unpaired) electrons. The Labute approximate surface area is 205 Å². The molecule has 9 nitrogen and oxygen atoms in total. The lowest BCUT2D eigenvalue weighted by Crippen LogP contribution is -2.46. The zero-order valence-corrected chi connectivity index (χ0v) is 19.9. The standard InChI is InChI=1S/C26H31N5O4/c1-34-24-7-3-2-6-21(24)19-30-14-9-22(10-15-30)29-25(32)18-27-17-23-16-20(8-11-28-23)26(33)35-31-12-4-5-13-31/h2-8,11-13,16,22,27H,9-10,14-15,17-19H2,1H3,(H,29,32). The molecule has 1 amide bonds. The maximum absolute atomic E-state index is 12.4. The maximum atomic E-state index is 12.4. The zero-order chi connectivity index (χ0) is 24.5. The second-order valence-electron chi connectivity index (χ2n) is 8.49. The highest BCUT2D eigenvalue weighted by Crippen LogP contribution is 2.21. The minimum atomic E-state index is -0.473. The van der Waals surface area contributed by atoms with E-state index in [1.54, 1.807) is 50.0 Å². The summed E-state index contributed by atoms with van der Waals surface area (Å²) in [5.74, 6) is 0.391. The molecular weight excluding hydrogens is 446 g/mol. The van der Waals surface area contributed by atoms with E-state index in [1.807, 2.05) is 18.2 Å². The number of nitrogens with zero attached hydrogens (tertiary/aromatic N) is 3. The molecule has 9 heteroatoms. The van der Waals surface area contributed by atoms with Gasteiger partial charge in [0.25, 0.3) is 0 Å². The van der Waals surface area contributed by atoms with E-state index in [0.29, 0.717) is 17.8 Å². The van der Waals surface area contributed by atoms with Crippen molar-refractivity contribution in [2.45, 2.75) is 32.0 Å². The van der Waals surface area contributed by atoms with Gasteiger partial charge < -0.3 is 20.2 Å². The number of rotatable bonds is 10. The van der Waals surface area contributed by atoms with Crippen molar-refractivity contribution in [3.8, 4) is 5.75 Å². The summed E-state index contributed by atoms with van der Waals surface area (Å²) in [4.78, 5) is 36.6. The van der Waals surface area contributed by atoms with Crippen molar-refractivity contribution >= 4 is 11.9 Å². The van der Waals surface area contributed by atoms with Gasteiger partial charge in [-0.2, -0.15) is 4.73 Å². The van der Waals surface area contributed by atoms with Crippen molar-refractivity contribution in [1.29, 1.82) is 0 Å². The van der Waals surface area contributed by atoms with Crippen LogP contribution >= 0.6 is 0 Å². The summed E-state index contributed by atoms with van der Waals surface area (Å²) in [6, 6.07) is 15.0. The summed E-state index contributed by atoms with van der Waals surface area (Å²) < 4.78 is 6.79. The number of benzene rings is 1. The van der Waals surface area contributed by atoms with Crippen molar-refractivity contribution in [1.82, 2.24) is 25.2 Å². The Bertz CT molecular complexity index is 1110. The smallest absolute Gasteiger partial charge is 0.363 e. The van der Waals surface area contributed by atoms with Gasteiger partial charge in [-0.15, -0.1) is 0 Å². The molecule has 3 aromatic rings. The molecule has 0 saturated carbocycles. The first-order valence-electron chi connectivity index (χ1n) is 11.8. The van der Waals surface area contributed by atoms with Crippen LogP contribution in [0.3, 0.4) is 0 Å². The average molecular weight is 478 g/mol. The fourth-order valence-corrected chi connectivity index (χ4v) is 4.12. The first-order chi connectivity index (χ1) is 17.1. The van der Waals surface area contributed by atoms with E-state index in [-0.39, 0.29) is 18.5 Å². The number of piperidine rings is 1. The van der Waals surface area contributed by atoms with Gasteiger partial charge in [0.15, 0.2) is 0 Å². The summed E-state index contributed by atoms with van der Waals surface area (Å²) in [7, 11) is 1.69. The molecule has 0 aliphatic carbocycles. The Balaban J connectivity index is 1.16. The minimum absolute atomic E-state index is 0.0450. The zero-order valence-electron chi connectivity index (χ0n) is 19.9. The van der Waals surface area contributed by atoms with E-state index < -0.39 is 5.97 Å². The Hall–Kier alpha value is -3.69. The van der Waals surface area contributed by atoms with Gasteiger partial charge in [-0.1, -0.05) is 18.2 Å². The number of hydrogen-bond donors (Lipinski definition) is 2. The molecule has 0 unspecified atom stereocenters. The molecule has 0 bridgehead atoms. The minimum Gasteiger partial charge on any atom is -0.496 e. The highest BCUT2D eigenvalue weighted by molar-refractivity contribution is 5.89. The molecule has 3 heterocycles. The third-order valence-corrected chi connectivity index (χ3v) is 5.95. The number of carbonyl (C=O) groups excluding carboxylic acids is 2. The second-order valence-corrected chi connectivity index (χ2v) is 8.49. The van der Waals surface area contributed by atoms with Gasteiger partial charge in [0, 0.05) is 56.4 Å². The van der Waals surface area contributed by atoms with Crippen LogP contribution in [0, 0.1) is 0 Å². The van der Waals surface area contributed by atoms with Crippen LogP contribution in [0.25, 0.3) is 0 Å². The molecule has 2 aromatic heterocycles. The number of para-hydroxylation sites is 1. The summed E-state index contributed by atoms with van der Waals surface area (Å²) in [6.07, 6.45) is 6.67. The van der Waals surface area contributed by atoms with Crippen molar-refractivity contribution < 1.29 is 19.2 Å². The van der Waals surface area contributed by atoms with Crippen LogP contribution in [0.15, 0.2) is 67.1 Å². The Kier molecular flexibility index (Phi) is 8.48. The number of hydrogen-bond acceptors (Lipinski definition) is 7. The number of likely N-dealkylation sites (tertiary alicyclic amines) is 1. The number of carbonyl (C=O) groups is 2. The summed E-state index contributed by atoms with van der Waals surface area (Å²) in [5.41, 5.74) is 2.23. The predicted molar refractivity (Wildman–Crippen MR) is 131 cm³/mol. The third kappa shape index (κ3) is 7.14. The van der Waals surface area contributed by atoms with Crippen LogP contribution < -0.4 is 20.2 Å². The monoisotopic (exact) mass is 477 g/mol. The maximum Gasteiger partial charge on any atom is 0.363 e. The quantitative estimate of drug-likeness (QED) is 0.461. The van der Waals surface area contributed by atoms with Crippen molar-refractivity contribution in [3.63, 3.8) is 0 Å². The van der Waals surface area contributed by atoms with Crippen LogP contribution in [0.1, 0.15) is 34.5 Å². The van der Waals surface area contributed by atoms with E-state index in [4.69, 9.17) is 9.57 Å². The summed E-state index contributed by atoms with van der Waals surface area (Å²) in [6.45, 7) is 3.24. The lowest BCUT2D eigenvalue weighted by Gasteiger charge is -2.32. The number of aromatic nitrogens is 2. The fraction of sp³-hybridized carbons (Fsp3) is 0.346. The normalized spacial score (nSPS) is 14.4. The highest BCUT2D eigenvalue weighted by atomic mass is 16.7. The van der Waals surface area contributed by atoms with E-state index in [9.17, 15) is 9.59 Å². The topological polar surface area (TPSA) is 97.7 Å². The molecule has 0 spiro atoms. The Morgan fingerprint density at radius 2 is 1.86 bits per heavy atom. The number of ether oxygens (including phenoxy) is 1. The molecule has 1 aliphatic rings. The number of pyridine rings is 1. The van der Waals surface area contributed by atoms with Crippen molar-refractivity contribution in [3.05, 3.63) is 83.9 Å². The molecule has 35 heavy (non-hydrogen) atoms. The second kappa shape index (κ2) is 12.1. The molecule has 2 N–H and O–H groups in total. The molecule has 1 aromatic carbocycles. The molecule has 0 atom stereocenters. The van der Waals surface area contributed by atoms with E-state index >= 15 is 0 Å². The van der Waals surface area contributed by atoms with Gasteiger partial charge in [0.05, 0.1) is 24.9 Å². The van der Waals surface area contributed by atoms with E-state index in [1.165, 1.54) is 10.3 Å². The van der Waals surface area contributed by atoms with E-state index in [2.05, 4.69) is 26.6 Å². The lowest BCUT2D eigenvalue weighted by atomic mass is 10.0. The molecule has 4 rings (SSSR count). The molecule has 184 valence electrons. The average Bonchev–Trinajstić information content (AvgIpc) is 3.39. The van der Waals surface area contributed by atoms with Crippen molar-refractivity contribution in [2.24, 2.45) is 0 Å². The Morgan fingerprint density at radius 1 is 1.09 bits per heavy atom. The largest absolute Gasteiger partial charge is 0.496 e. The number of methoxy groups -OCH3 is 1. The first-order valence-corrected chi connectivity index (χ1v) is 11.8. The highest BCUT2D eigenvalue weighted by Gasteiger charge is 2.21. The molecular formula is C26H31N5O4. The summed E-state index contributed by atoms with van der Waals surface area (Å²) in [5, 5.41) is 6.22. The van der Waals surface area contributed by atoms with Gasteiger partial charge in [0.2, 0.25) is 5.91 Å². The van der Waals surface area contributed by atoms with Gasteiger partial charge >= 0.3 is 5.97 Å². The van der Waals surface area contributed by atoms with Crippen LogP contribution in [0.5, 0.6) is 5.75 Å². The van der Waals surface area contributed by atoms with Crippen LogP contribution in [0.4, 0.5) is 0 Å². The van der Waals surface area contributed by atoms with Crippen molar-refractivity contribution in [2.75, 3.05) is 26.7 Å². The number of nitrogens with one attached hydrogen (secondary N) is 2. The van der Waals surface area contributed by atoms with Crippen LogP contribution in [0.2, 0.25) is 0 Å². The summed E-state index contributed by atoms with van der Waals surface area (Å²) >= 11 is 0. The van der Waals surface area contributed by atoms with E-state index in [0.717, 1.165) is 38.2 Å². The van der Waals surface area contributed by atoms with Crippen LogP contribution in [-0.4, -0.2) is 59.3 Å². The van der Waals surface area contributed by atoms with Crippen LogP contribution in [-0.2, 0) is 17.9 Å². The van der Waals surface area contributed by atoms with Gasteiger partial charge in [-0.25, -0.2) is 4.79 Å². The molecule has 1 aliphatic heterocycles. The Morgan fingerprint density at radius 3 is 2.63 bits per heavy atom. The van der Waals surface area contributed by atoms with Gasteiger partial charge in [0.1, 0.15) is 5.75 Å². The number of amides is 1. The van der Waals surface area contributed by atoms with Gasteiger partial charge in [-0.3, -0.25) is 14.7 Å². The first kappa shape index (κ1) is 24.4. The fourth-order valence-electron chi connectivity index (χ4n) is 4.12. The SMILES string of the molecule is COc1ccccc1CN1CCC(NC(=O)CNCc2cc(C(=O)On3cccc3)ccn2)CC1. The lowest BCUT2D eigenvalue weighted by molar-refractivity contribution is -0.121. The molecule has 1 fully saturated rings. The molecule has 1 saturated heterocycles. The van der Waals surface area contributed by atoms with Gasteiger partial charge in [-0.05, 0) is 43.2 Å². The third-order valence-electron chi connectivity index (χ3n) is 5.95.